The molecule has 1 unspecified atom stereocenters. The molecule has 128 valence electrons. The highest BCUT2D eigenvalue weighted by Crippen LogP contribution is 2.38. The first kappa shape index (κ1) is 17.7. The molecule has 0 spiro atoms. The van der Waals surface area contributed by atoms with Crippen molar-refractivity contribution in [1.29, 1.82) is 0 Å². The fraction of sp³-hybridized carbons (Fsp3) is 0.600. The van der Waals surface area contributed by atoms with Crippen LogP contribution in [0, 0.1) is 15.5 Å². The van der Waals surface area contributed by atoms with Crippen LogP contribution in [0.25, 0.3) is 0 Å². The second-order valence-corrected chi connectivity index (χ2v) is 8.07. The molecule has 0 radical (unpaired) electrons. The summed E-state index contributed by atoms with van der Waals surface area (Å²) in [6.45, 7) is 5.78. The molecule has 8 heteroatoms. The van der Waals surface area contributed by atoms with Gasteiger partial charge in [0.2, 0.25) is 10.0 Å². The van der Waals surface area contributed by atoms with E-state index in [-0.39, 0.29) is 16.0 Å². The van der Waals surface area contributed by atoms with Crippen LogP contribution in [0.3, 0.4) is 0 Å². The maximum Gasteiger partial charge on any atom is 0.270 e. The molecule has 1 saturated heterocycles. The molecule has 2 rings (SSSR count). The van der Waals surface area contributed by atoms with Crippen LogP contribution in [0.2, 0.25) is 0 Å². The average molecular weight is 341 g/mol. The van der Waals surface area contributed by atoms with Crippen LogP contribution in [0.1, 0.15) is 39.5 Å². The standard InChI is InChI=1S/C15H23N3O4S/c1-3-7-15(2)8-4-9-17(11-15)13-6-5-12(18(19)20)10-14(13)23(16,21)22/h5-6,10H,3-4,7-9,11H2,1-2H3,(H2,16,21,22). The topological polar surface area (TPSA) is 107 Å². The van der Waals surface area contributed by atoms with Crippen LogP contribution in [0.5, 0.6) is 0 Å². The van der Waals surface area contributed by atoms with Crippen LogP contribution in [-0.4, -0.2) is 26.4 Å². The third kappa shape index (κ3) is 4.00. The van der Waals surface area contributed by atoms with Gasteiger partial charge in [-0.1, -0.05) is 20.3 Å². The Morgan fingerprint density at radius 2 is 2.13 bits per heavy atom. The third-order valence-corrected chi connectivity index (χ3v) is 5.38. The number of anilines is 1. The number of sulfonamides is 1. The number of primary sulfonamides is 1. The van der Waals surface area contributed by atoms with Gasteiger partial charge in [0.15, 0.2) is 0 Å². The number of benzene rings is 1. The molecule has 1 heterocycles. The summed E-state index contributed by atoms with van der Waals surface area (Å²) in [7, 11) is -4.03. The maximum atomic E-state index is 11.9. The Bertz CT molecular complexity index is 701. The molecule has 0 saturated carbocycles. The fourth-order valence-corrected chi connectivity index (χ4v) is 4.21. The van der Waals surface area contributed by atoms with Crippen LogP contribution in [0.15, 0.2) is 23.1 Å². The molecule has 1 aromatic carbocycles. The fourth-order valence-electron chi connectivity index (χ4n) is 3.43. The van der Waals surface area contributed by atoms with Crippen molar-refractivity contribution < 1.29 is 13.3 Å². The van der Waals surface area contributed by atoms with Gasteiger partial charge in [-0.3, -0.25) is 10.1 Å². The van der Waals surface area contributed by atoms with Gasteiger partial charge in [-0.05, 0) is 30.7 Å². The van der Waals surface area contributed by atoms with E-state index >= 15 is 0 Å². The second kappa shape index (κ2) is 6.45. The van der Waals surface area contributed by atoms with Crippen LogP contribution >= 0.6 is 0 Å². The van der Waals surface area contributed by atoms with Crippen molar-refractivity contribution in [2.24, 2.45) is 10.6 Å². The minimum atomic E-state index is -4.03. The number of piperidine rings is 1. The zero-order valence-corrected chi connectivity index (χ0v) is 14.3. The van der Waals surface area contributed by atoms with E-state index in [9.17, 15) is 18.5 Å². The Balaban J connectivity index is 2.44. The number of nitrogens with two attached hydrogens (primary N) is 1. The number of nitrogens with zero attached hydrogens (tertiary/aromatic N) is 2. The first-order valence-corrected chi connectivity index (χ1v) is 9.27. The second-order valence-electron chi connectivity index (χ2n) is 6.54. The maximum absolute atomic E-state index is 11.9. The predicted molar refractivity (Wildman–Crippen MR) is 88.9 cm³/mol. The monoisotopic (exact) mass is 341 g/mol. The summed E-state index contributed by atoms with van der Waals surface area (Å²) in [5.74, 6) is 0. The zero-order valence-electron chi connectivity index (χ0n) is 13.5. The normalized spacial score (nSPS) is 22.1. The highest BCUT2D eigenvalue weighted by Gasteiger charge is 2.32. The van der Waals surface area contributed by atoms with E-state index in [1.807, 2.05) is 4.90 Å². The molecule has 0 bridgehead atoms. The van der Waals surface area contributed by atoms with E-state index in [1.54, 1.807) is 0 Å². The van der Waals surface area contributed by atoms with Crippen molar-refractivity contribution in [3.05, 3.63) is 28.3 Å². The lowest BCUT2D eigenvalue weighted by Gasteiger charge is -2.42. The van der Waals surface area contributed by atoms with Gasteiger partial charge < -0.3 is 4.90 Å². The van der Waals surface area contributed by atoms with Crippen molar-refractivity contribution in [2.75, 3.05) is 18.0 Å². The zero-order chi connectivity index (χ0) is 17.3. The predicted octanol–water partition coefficient (Wildman–Crippen LogP) is 2.65. The minimum absolute atomic E-state index is 0.115. The van der Waals surface area contributed by atoms with Gasteiger partial charge in [-0.2, -0.15) is 0 Å². The third-order valence-electron chi connectivity index (χ3n) is 4.44. The molecule has 1 aliphatic heterocycles. The van der Waals surface area contributed by atoms with E-state index < -0.39 is 14.9 Å². The summed E-state index contributed by atoms with van der Waals surface area (Å²) in [4.78, 5) is 12.1. The van der Waals surface area contributed by atoms with Crippen LogP contribution in [0.4, 0.5) is 11.4 Å². The molecule has 7 nitrogen and oxygen atoms in total. The molecule has 0 aromatic heterocycles. The Morgan fingerprint density at radius 1 is 1.43 bits per heavy atom. The summed E-state index contributed by atoms with van der Waals surface area (Å²) in [6, 6.07) is 3.88. The molecule has 2 N–H and O–H groups in total. The Kier molecular flexibility index (Phi) is 4.95. The largest absolute Gasteiger partial charge is 0.370 e. The lowest BCUT2D eigenvalue weighted by Crippen LogP contribution is -2.42. The van der Waals surface area contributed by atoms with Crippen LogP contribution in [-0.2, 0) is 10.0 Å². The van der Waals surface area contributed by atoms with Crippen molar-refractivity contribution in [1.82, 2.24) is 0 Å². The van der Waals surface area contributed by atoms with E-state index in [2.05, 4.69) is 13.8 Å². The van der Waals surface area contributed by atoms with Gasteiger partial charge in [0, 0.05) is 25.2 Å². The lowest BCUT2D eigenvalue weighted by atomic mass is 9.78. The number of rotatable bonds is 5. The Hall–Kier alpha value is -1.67. The summed E-state index contributed by atoms with van der Waals surface area (Å²) in [6.07, 6.45) is 4.17. The molecular weight excluding hydrogens is 318 g/mol. The number of hydrogen-bond donors (Lipinski definition) is 1. The smallest absolute Gasteiger partial charge is 0.270 e. The SMILES string of the molecule is CCCC1(C)CCCN(c2ccc([N+](=O)[O-])cc2S(N)(=O)=O)C1. The summed E-state index contributed by atoms with van der Waals surface area (Å²) in [5, 5.41) is 16.2. The summed E-state index contributed by atoms with van der Waals surface area (Å²) >= 11 is 0. The summed E-state index contributed by atoms with van der Waals surface area (Å²) < 4.78 is 23.8. The van der Waals surface area contributed by atoms with E-state index in [0.29, 0.717) is 5.69 Å². The highest BCUT2D eigenvalue weighted by atomic mass is 32.2. The van der Waals surface area contributed by atoms with Crippen molar-refractivity contribution in [3.8, 4) is 0 Å². The van der Waals surface area contributed by atoms with Gasteiger partial charge >= 0.3 is 0 Å². The van der Waals surface area contributed by atoms with Gasteiger partial charge in [0.05, 0.1) is 10.6 Å². The molecule has 23 heavy (non-hydrogen) atoms. The molecule has 0 aliphatic carbocycles. The number of non-ortho nitro benzene ring substituents is 1. The molecule has 0 amide bonds. The summed E-state index contributed by atoms with van der Waals surface area (Å²) in [5.41, 5.74) is 0.302. The van der Waals surface area contributed by atoms with Gasteiger partial charge in [0.1, 0.15) is 4.90 Å². The molecule has 1 aliphatic rings. The Morgan fingerprint density at radius 3 is 2.70 bits per heavy atom. The molecule has 1 fully saturated rings. The first-order valence-electron chi connectivity index (χ1n) is 7.72. The van der Waals surface area contributed by atoms with Crippen molar-refractivity contribution in [3.63, 3.8) is 0 Å². The van der Waals surface area contributed by atoms with Gasteiger partial charge in [0.25, 0.3) is 5.69 Å². The number of nitro benzene ring substituents is 1. The molecule has 1 atom stereocenters. The molecular formula is C15H23N3O4S. The van der Waals surface area contributed by atoms with Gasteiger partial charge in [-0.15, -0.1) is 0 Å². The number of nitro groups is 1. The van der Waals surface area contributed by atoms with Crippen molar-refractivity contribution in [2.45, 2.75) is 44.4 Å². The quantitative estimate of drug-likeness (QED) is 0.654. The first-order chi connectivity index (χ1) is 10.7. The van der Waals surface area contributed by atoms with Gasteiger partial charge in [-0.25, -0.2) is 13.6 Å². The van der Waals surface area contributed by atoms with E-state index in [4.69, 9.17) is 5.14 Å². The average Bonchev–Trinajstić information content (AvgIpc) is 2.45. The molecule has 1 aromatic rings. The highest BCUT2D eigenvalue weighted by molar-refractivity contribution is 7.89. The minimum Gasteiger partial charge on any atom is -0.370 e. The lowest BCUT2D eigenvalue weighted by molar-refractivity contribution is -0.385. The van der Waals surface area contributed by atoms with E-state index in [0.717, 1.165) is 44.8 Å². The van der Waals surface area contributed by atoms with Crippen molar-refractivity contribution >= 4 is 21.4 Å². The Labute approximate surface area is 136 Å². The number of hydrogen-bond acceptors (Lipinski definition) is 5. The van der Waals surface area contributed by atoms with E-state index in [1.165, 1.54) is 12.1 Å². The van der Waals surface area contributed by atoms with Crippen LogP contribution < -0.4 is 10.0 Å².